The van der Waals surface area contributed by atoms with Gasteiger partial charge in [0.05, 0.1) is 24.4 Å². The van der Waals surface area contributed by atoms with E-state index in [9.17, 15) is 9.59 Å². The van der Waals surface area contributed by atoms with Crippen LogP contribution in [0.25, 0.3) is 28.0 Å². The van der Waals surface area contributed by atoms with E-state index in [1.54, 1.807) is 25.0 Å². The van der Waals surface area contributed by atoms with Gasteiger partial charge in [-0.25, -0.2) is 4.68 Å². The standard InChI is InChI=1S/C31H25N5O4S/c1-19-15-21(11-14-26(19)40-3)28-22(18-35(34-28)23-7-5-4-6-8-23)17-27-30(38)36-31(41-27)32-29(37)25(33-36)16-20-9-12-24(39-2)13-10-20/h4-15,17-18H,16H2,1-3H3/b27-17-. The van der Waals surface area contributed by atoms with E-state index in [0.717, 1.165) is 45.0 Å². The Hall–Kier alpha value is -5.09. The molecule has 0 spiro atoms. The highest BCUT2D eigenvalue weighted by Crippen LogP contribution is 2.29. The van der Waals surface area contributed by atoms with Crippen LogP contribution in [0.1, 0.15) is 22.4 Å². The van der Waals surface area contributed by atoms with E-state index in [1.165, 1.54) is 4.52 Å². The van der Waals surface area contributed by atoms with E-state index in [1.807, 2.05) is 85.9 Å². The maximum absolute atomic E-state index is 13.5. The van der Waals surface area contributed by atoms with Crippen LogP contribution in [0.3, 0.4) is 0 Å². The van der Waals surface area contributed by atoms with Crippen LogP contribution >= 0.6 is 11.3 Å². The number of nitrogens with zero attached hydrogens (tertiary/aromatic N) is 5. The van der Waals surface area contributed by atoms with Gasteiger partial charge in [0, 0.05) is 23.7 Å². The van der Waals surface area contributed by atoms with Crippen molar-refractivity contribution in [3.8, 4) is 28.4 Å². The summed E-state index contributed by atoms with van der Waals surface area (Å²) in [7, 11) is 3.23. The number of fused-ring (bicyclic) bond motifs is 1. The number of methoxy groups -OCH3 is 2. The first-order valence-electron chi connectivity index (χ1n) is 12.8. The van der Waals surface area contributed by atoms with Gasteiger partial charge in [-0.1, -0.05) is 41.7 Å². The lowest BCUT2D eigenvalue weighted by Gasteiger charge is -2.06. The Kier molecular flexibility index (Phi) is 6.90. The Bertz CT molecular complexity index is 2050. The SMILES string of the molecule is COc1ccc(Cc2nn3c(=O)/c(=C/c4cn(-c5ccccc5)nc4-c4ccc(OC)c(C)c4)sc3nc2=O)cc1. The minimum atomic E-state index is -0.458. The van der Waals surface area contributed by atoms with Gasteiger partial charge in [0.25, 0.3) is 11.1 Å². The molecule has 0 fully saturated rings. The smallest absolute Gasteiger partial charge is 0.296 e. The van der Waals surface area contributed by atoms with Gasteiger partial charge in [-0.15, -0.1) is 0 Å². The van der Waals surface area contributed by atoms with Crippen molar-refractivity contribution < 1.29 is 9.47 Å². The molecule has 3 aromatic carbocycles. The van der Waals surface area contributed by atoms with Crippen molar-refractivity contribution in [1.82, 2.24) is 24.4 Å². The zero-order valence-corrected chi connectivity index (χ0v) is 23.4. The summed E-state index contributed by atoms with van der Waals surface area (Å²) in [5.74, 6) is 1.49. The average molecular weight is 564 g/mol. The first kappa shape index (κ1) is 26.1. The van der Waals surface area contributed by atoms with Crippen molar-refractivity contribution in [3.05, 3.63) is 127 Å². The Morgan fingerprint density at radius 3 is 2.41 bits per heavy atom. The normalized spacial score (nSPS) is 11.7. The first-order valence-corrected chi connectivity index (χ1v) is 13.6. The van der Waals surface area contributed by atoms with E-state index in [2.05, 4.69) is 10.1 Å². The highest BCUT2D eigenvalue weighted by Gasteiger charge is 2.16. The topological polar surface area (TPSA) is 101 Å². The summed E-state index contributed by atoms with van der Waals surface area (Å²) >= 11 is 1.12. The molecule has 0 unspecified atom stereocenters. The molecule has 0 aliphatic rings. The molecule has 3 heterocycles. The van der Waals surface area contributed by atoms with E-state index in [0.29, 0.717) is 16.0 Å². The Balaban J connectivity index is 1.46. The number of hydrogen-bond acceptors (Lipinski definition) is 8. The van der Waals surface area contributed by atoms with Gasteiger partial charge in [0.15, 0.2) is 0 Å². The lowest BCUT2D eigenvalue weighted by molar-refractivity contribution is 0.412. The predicted molar refractivity (Wildman–Crippen MR) is 158 cm³/mol. The van der Waals surface area contributed by atoms with E-state index < -0.39 is 5.56 Å². The zero-order chi connectivity index (χ0) is 28.5. The average Bonchev–Trinajstić information content (AvgIpc) is 3.55. The van der Waals surface area contributed by atoms with Gasteiger partial charge in [-0.3, -0.25) is 9.59 Å². The van der Waals surface area contributed by atoms with Crippen LogP contribution in [0, 0.1) is 6.92 Å². The van der Waals surface area contributed by atoms with Crippen molar-refractivity contribution in [2.45, 2.75) is 13.3 Å². The molecule has 6 aromatic rings. The third-order valence-corrected chi connectivity index (χ3v) is 7.66. The van der Waals surface area contributed by atoms with Gasteiger partial charge >= 0.3 is 0 Å². The highest BCUT2D eigenvalue weighted by atomic mass is 32.1. The van der Waals surface area contributed by atoms with Crippen molar-refractivity contribution in [3.63, 3.8) is 0 Å². The van der Waals surface area contributed by atoms with Crippen LogP contribution < -0.4 is 25.1 Å². The van der Waals surface area contributed by atoms with Crippen LogP contribution in [-0.2, 0) is 6.42 Å². The number of ether oxygens (including phenoxy) is 2. The molecule has 204 valence electrons. The van der Waals surface area contributed by atoms with Gasteiger partial charge in [0.1, 0.15) is 22.9 Å². The van der Waals surface area contributed by atoms with Crippen molar-refractivity contribution in [2.75, 3.05) is 14.2 Å². The van der Waals surface area contributed by atoms with Gasteiger partial charge in [-0.05, 0) is 66.6 Å². The molecule has 0 bridgehead atoms. The van der Waals surface area contributed by atoms with Crippen LogP contribution in [-0.4, -0.2) is 38.6 Å². The lowest BCUT2D eigenvalue weighted by atomic mass is 10.0. The fraction of sp³-hybridized carbons (Fsp3) is 0.129. The Morgan fingerprint density at radius 2 is 1.71 bits per heavy atom. The molecule has 10 heteroatoms. The summed E-state index contributed by atoms with van der Waals surface area (Å²) in [5.41, 5.74) is 4.42. The number of para-hydroxylation sites is 1. The molecule has 3 aromatic heterocycles. The Morgan fingerprint density at radius 1 is 0.927 bits per heavy atom. The fourth-order valence-corrected chi connectivity index (χ4v) is 5.48. The molecule has 0 amide bonds. The summed E-state index contributed by atoms with van der Waals surface area (Å²) in [5, 5.41) is 9.26. The summed E-state index contributed by atoms with van der Waals surface area (Å²) in [6, 6.07) is 22.9. The second-order valence-electron chi connectivity index (χ2n) is 9.40. The molecule has 0 saturated carbocycles. The fourth-order valence-electron chi connectivity index (χ4n) is 4.59. The quantitative estimate of drug-likeness (QED) is 0.291. The maximum atomic E-state index is 13.5. The zero-order valence-electron chi connectivity index (χ0n) is 22.6. The van der Waals surface area contributed by atoms with Gasteiger partial charge in [0.2, 0.25) is 4.96 Å². The second-order valence-corrected chi connectivity index (χ2v) is 10.4. The molecule has 0 atom stereocenters. The highest BCUT2D eigenvalue weighted by molar-refractivity contribution is 7.15. The molecule has 41 heavy (non-hydrogen) atoms. The number of benzene rings is 3. The molecule has 0 N–H and O–H groups in total. The molecule has 0 aliphatic carbocycles. The molecular formula is C31H25N5O4S. The minimum absolute atomic E-state index is 0.195. The first-order chi connectivity index (χ1) is 19.9. The number of hydrogen-bond donors (Lipinski definition) is 0. The summed E-state index contributed by atoms with van der Waals surface area (Å²) in [6.07, 6.45) is 3.91. The molecule has 0 radical (unpaired) electrons. The molecular weight excluding hydrogens is 538 g/mol. The van der Waals surface area contributed by atoms with Crippen LogP contribution in [0.2, 0.25) is 0 Å². The Labute approximate surface area is 238 Å². The third kappa shape index (κ3) is 5.12. The van der Waals surface area contributed by atoms with E-state index in [-0.39, 0.29) is 22.6 Å². The predicted octanol–water partition coefficient (Wildman–Crippen LogP) is 3.83. The van der Waals surface area contributed by atoms with Crippen LogP contribution in [0.15, 0.2) is 88.6 Å². The van der Waals surface area contributed by atoms with Crippen LogP contribution in [0.5, 0.6) is 11.5 Å². The van der Waals surface area contributed by atoms with Crippen molar-refractivity contribution in [1.29, 1.82) is 0 Å². The minimum Gasteiger partial charge on any atom is -0.497 e. The number of aryl methyl sites for hydroxylation is 1. The van der Waals surface area contributed by atoms with Crippen molar-refractivity contribution in [2.24, 2.45) is 0 Å². The van der Waals surface area contributed by atoms with E-state index in [4.69, 9.17) is 14.6 Å². The second kappa shape index (κ2) is 10.8. The van der Waals surface area contributed by atoms with Gasteiger partial charge < -0.3 is 9.47 Å². The maximum Gasteiger partial charge on any atom is 0.296 e. The van der Waals surface area contributed by atoms with Crippen molar-refractivity contribution >= 4 is 22.4 Å². The molecule has 9 nitrogen and oxygen atoms in total. The summed E-state index contributed by atoms with van der Waals surface area (Å²) in [6.45, 7) is 1.97. The summed E-state index contributed by atoms with van der Waals surface area (Å²) < 4.78 is 14.0. The number of rotatable bonds is 7. The number of aromatic nitrogens is 5. The monoisotopic (exact) mass is 563 g/mol. The van der Waals surface area contributed by atoms with Crippen LogP contribution in [0.4, 0.5) is 0 Å². The number of thiazole rings is 1. The molecule has 0 aliphatic heterocycles. The van der Waals surface area contributed by atoms with Gasteiger partial charge in [-0.2, -0.15) is 19.7 Å². The molecule has 0 saturated heterocycles. The largest absolute Gasteiger partial charge is 0.497 e. The molecule has 6 rings (SSSR count). The lowest BCUT2D eigenvalue weighted by Crippen LogP contribution is -2.28. The third-order valence-electron chi connectivity index (χ3n) is 6.70. The summed E-state index contributed by atoms with van der Waals surface area (Å²) in [4.78, 5) is 30.7. The van der Waals surface area contributed by atoms with E-state index >= 15 is 0 Å².